The monoisotopic (exact) mass is 663 g/mol. The third-order valence-electron chi connectivity index (χ3n) is 10.9. The predicted molar refractivity (Wildman–Crippen MR) is 182 cm³/mol. The molecule has 0 saturated carbocycles. The van der Waals surface area contributed by atoms with Gasteiger partial charge in [0.2, 0.25) is 11.8 Å². The molecule has 2 N–H and O–H groups in total. The number of rotatable bonds is 8. The van der Waals surface area contributed by atoms with E-state index in [-0.39, 0.29) is 42.3 Å². The number of hydrogen-bond donors (Lipinski definition) is 2. The minimum atomic E-state index is -2.96. The van der Waals surface area contributed by atoms with Crippen LogP contribution in [0.2, 0.25) is 18.6 Å². The summed E-state index contributed by atoms with van der Waals surface area (Å²) in [6.45, 7) is 7.17. The quantitative estimate of drug-likeness (QED) is 0.393. The van der Waals surface area contributed by atoms with Crippen LogP contribution in [0.3, 0.4) is 0 Å². The van der Waals surface area contributed by atoms with Crippen molar-refractivity contribution in [3.63, 3.8) is 0 Å². The van der Waals surface area contributed by atoms with Gasteiger partial charge >= 0.3 is 0 Å². The number of fused-ring (bicyclic) bond motifs is 2. The Kier molecular flexibility index (Phi) is 9.54. The number of methoxy groups -OCH3 is 1. The SMILES string of the molecule is COc1ccc2c(c1)[C@]1(O[C@@H](CC(=O)N3CCC[C@H]3CO)[C@H]([Si](C)(C)O)[C@H]1C)C(=O)N2Cc1ccc(N2CCCCCCC2=O)cc1. The summed E-state index contributed by atoms with van der Waals surface area (Å²) in [4.78, 5) is 58.2. The molecule has 47 heavy (non-hydrogen) atoms. The first-order valence-corrected chi connectivity index (χ1v) is 20.2. The topological polar surface area (TPSA) is 120 Å². The highest BCUT2D eigenvalue weighted by atomic mass is 28.4. The Morgan fingerprint density at radius 3 is 2.49 bits per heavy atom. The predicted octanol–water partition coefficient (Wildman–Crippen LogP) is 4.71. The van der Waals surface area contributed by atoms with Crippen molar-refractivity contribution in [2.45, 2.75) is 101 Å². The van der Waals surface area contributed by atoms with Crippen LogP contribution in [0.25, 0.3) is 0 Å². The maximum Gasteiger partial charge on any atom is 0.264 e. The van der Waals surface area contributed by atoms with Crippen molar-refractivity contribution in [3.05, 3.63) is 53.6 Å². The number of aliphatic hydroxyl groups excluding tert-OH is 1. The Labute approximate surface area is 278 Å². The zero-order valence-electron chi connectivity index (χ0n) is 28.1. The Hall–Kier alpha value is -3.25. The van der Waals surface area contributed by atoms with E-state index in [1.165, 1.54) is 0 Å². The van der Waals surface area contributed by atoms with Crippen molar-refractivity contribution in [2.24, 2.45) is 5.92 Å². The number of aliphatic hydroxyl groups is 1. The van der Waals surface area contributed by atoms with Crippen molar-refractivity contribution >= 4 is 37.4 Å². The fraction of sp³-hybridized carbons (Fsp3) is 0.583. The Bertz CT molecular complexity index is 1490. The molecule has 5 atom stereocenters. The summed E-state index contributed by atoms with van der Waals surface area (Å²) < 4.78 is 12.5. The number of ether oxygens (including phenoxy) is 2. The lowest BCUT2D eigenvalue weighted by molar-refractivity contribution is -0.150. The number of hydrogen-bond acceptors (Lipinski definition) is 7. The first-order chi connectivity index (χ1) is 22.5. The van der Waals surface area contributed by atoms with Crippen LogP contribution < -0.4 is 14.5 Å². The van der Waals surface area contributed by atoms with Gasteiger partial charge in [-0.15, -0.1) is 0 Å². The molecule has 4 aliphatic heterocycles. The lowest BCUT2D eigenvalue weighted by Crippen LogP contribution is -2.46. The number of carbonyl (C=O) groups excluding carboxylic acids is 3. The molecule has 0 aromatic heterocycles. The third kappa shape index (κ3) is 6.11. The molecular weight excluding hydrogens is 614 g/mol. The largest absolute Gasteiger partial charge is 0.497 e. The number of likely N-dealkylation sites (tertiary alicyclic amines) is 1. The lowest BCUT2D eigenvalue weighted by Gasteiger charge is -2.33. The minimum Gasteiger partial charge on any atom is -0.497 e. The molecule has 0 radical (unpaired) electrons. The standard InChI is InChI=1S/C36H49N3O7Si/c1-24-34(47(3,4)44)31(21-33(42)38-19-9-10-27(38)23-40)46-36(24)29-20-28(45-2)16-17-30(29)39(35(36)43)22-25-12-14-26(15-13-25)37-18-8-6-5-7-11-32(37)41/h12-17,20,24,27,31,34,40,44H,5-11,18-19,21-23H2,1-4H3/t24-,27+,31+,34-,36+/m1/s1. The molecule has 1 spiro atoms. The van der Waals surface area contributed by atoms with Gasteiger partial charge in [0.25, 0.3) is 5.91 Å². The molecule has 2 aromatic carbocycles. The first kappa shape index (κ1) is 33.6. The molecule has 254 valence electrons. The number of amides is 3. The Balaban J connectivity index is 1.31. The lowest BCUT2D eigenvalue weighted by atomic mass is 9.82. The molecule has 11 heteroatoms. The molecule has 10 nitrogen and oxygen atoms in total. The molecule has 0 bridgehead atoms. The Morgan fingerprint density at radius 2 is 1.79 bits per heavy atom. The number of anilines is 2. The molecular formula is C36H49N3O7Si. The van der Waals surface area contributed by atoms with E-state index in [1.54, 1.807) is 16.9 Å². The first-order valence-electron chi connectivity index (χ1n) is 17.2. The van der Waals surface area contributed by atoms with Gasteiger partial charge < -0.3 is 34.1 Å². The highest BCUT2D eigenvalue weighted by Crippen LogP contribution is 2.60. The van der Waals surface area contributed by atoms with Gasteiger partial charge in [0, 0.05) is 42.2 Å². The van der Waals surface area contributed by atoms with Gasteiger partial charge in [-0.25, -0.2) is 0 Å². The van der Waals surface area contributed by atoms with E-state index in [0.29, 0.717) is 43.1 Å². The van der Waals surface area contributed by atoms with E-state index < -0.39 is 25.9 Å². The van der Waals surface area contributed by atoms with E-state index in [1.807, 2.05) is 67.4 Å². The maximum absolute atomic E-state index is 14.8. The average Bonchev–Trinajstić information content (AvgIpc) is 3.70. The molecule has 2 aromatic rings. The van der Waals surface area contributed by atoms with Gasteiger partial charge in [-0.3, -0.25) is 14.4 Å². The zero-order chi connectivity index (χ0) is 33.5. The van der Waals surface area contributed by atoms with E-state index in [9.17, 15) is 24.3 Å². The van der Waals surface area contributed by atoms with E-state index >= 15 is 0 Å². The van der Waals surface area contributed by atoms with Gasteiger partial charge in [-0.2, -0.15) is 0 Å². The van der Waals surface area contributed by atoms with Crippen molar-refractivity contribution < 1.29 is 33.8 Å². The Morgan fingerprint density at radius 1 is 1.04 bits per heavy atom. The van der Waals surface area contributed by atoms with Crippen LogP contribution >= 0.6 is 0 Å². The fourth-order valence-corrected chi connectivity index (χ4v) is 11.1. The van der Waals surface area contributed by atoms with E-state index in [2.05, 4.69) is 0 Å². The van der Waals surface area contributed by atoms with Gasteiger partial charge in [0.15, 0.2) is 13.9 Å². The highest BCUT2D eigenvalue weighted by molar-refractivity contribution is 6.71. The molecule has 3 amide bonds. The van der Waals surface area contributed by atoms with Gasteiger partial charge in [0.1, 0.15) is 5.75 Å². The maximum atomic E-state index is 14.8. The molecule has 0 aliphatic carbocycles. The van der Waals surface area contributed by atoms with Crippen molar-refractivity contribution in [1.29, 1.82) is 0 Å². The zero-order valence-corrected chi connectivity index (χ0v) is 29.1. The number of benzene rings is 2. The summed E-state index contributed by atoms with van der Waals surface area (Å²) in [5.41, 5.74) is 1.40. The van der Waals surface area contributed by atoms with Crippen LogP contribution in [0.5, 0.6) is 5.75 Å². The molecule has 3 saturated heterocycles. The van der Waals surface area contributed by atoms with E-state index in [0.717, 1.165) is 49.8 Å². The van der Waals surface area contributed by atoms with Crippen molar-refractivity contribution in [2.75, 3.05) is 36.6 Å². The normalized spacial score (nSPS) is 28.2. The highest BCUT2D eigenvalue weighted by Gasteiger charge is 2.66. The van der Waals surface area contributed by atoms with Gasteiger partial charge in [-0.05, 0) is 74.7 Å². The summed E-state index contributed by atoms with van der Waals surface area (Å²) in [6, 6.07) is 13.2. The van der Waals surface area contributed by atoms with Crippen molar-refractivity contribution in [1.82, 2.24) is 4.90 Å². The smallest absolute Gasteiger partial charge is 0.264 e. The molecule has 4 aliphatic rings. The summed E-state index contributed by atoms with van der Waals surface area (Å²) in [7, 11) is -1.37. The summed E-state index contributed by atoms with van der Waals surface area (Å²) >= 11 is 0. The molecule has 4 heterocycles. The van der Waals surface area contributed by atoms with Gasteiger partial charge in [-0.1, -0.05) is 31.9 Å². The van der Waals surface area contributed by atoms with Crippen LogP contribution in [0.1, 0.15) is 69.4 Å². The van der Waals surface area contributed by atoms with Crippen LogP contribution in [0.15, 0.2) is 42.5 Å². The second kappa shape index (κ2) is 13.3. The third-order valence-corrected chi connectivity index (χ3v) is 13.4. The minimum absolute atomic E-state index is 0.0352. The second-order valence-corrected chi connectivity index (χ2v) is 18.3. The van der Waals surface area contributed by atoms with Gasteiger partial charge in [0.05, 0.1) is 44.5 Å². The van der Waals surface area contributed by atoms with Crippen molar-refractivity contribution in [3.8, 4) is 5.75 Å². The average molecular weight is 664 g/mol. The molecule has 3 fully saturated rings. The van der Waals surface area contributed by atoms with Crippen LogP contribution in [-0.2, 0) is 31.3 Å². The van der Waals surface area contributed by atoms with E-state index in [4.69, 9.17) is 9.47 Å². The molecule has 0 unspecified atom stereocenters. The summed E-state index contributed by atoms with van der Waals surface area (Å²) in [5.74, 6) is -0.00746. The van der Waals surface area contributed by atoms with Crippen LogP contribution in [0.4, 0.5) is 11.4 Å². The number of carbonyl (C=O) groups is 3. The second-order valence-electron chi connectivity index (χ2n) is 14.3. The number of nitrogens with zero attached hydrogens (tertiary/aromatic N) is 3. The summed E-state index contributed by atoms with van der Waals surface area (Å²) in [6.07, 6.45) is 5.65. The fourth-order valence-electron chi connectivity index (χ4n) is 8.58. The molecule has 6 rings (SSSR count). The van der Waals surface area contributed by atoms with Crippen LogP contribution in [-0.4, -0.2) is 79.8 Å². The summed E-state index contributed by atoms with van der Waals surface area (Å²) in [5, 5.41) is 9.86. The van der Waals surface area contributed by atoms with Crippen LogP contribution in [0, 0.1) is 5.92 Å².